The molecule has 2 aliphatic rings. The minimum Gasteiger partial charge on any atom is -0.619 e. The molecule has 0 saturated heterocycles. The molecule has 7 nitrogen and oxygen atoms in total. The molecule has 19 heavy (non-hydrogen) atoms. The third kappa shape index (κ3) is 1.38. The first-order valence-corrected chi connectivity index (χ1v) is 6.05. The number of nitrogens with zero attached hydrogens (tertiary/aromatic N) is 4. The van der Waals surface area contributed by atoms with E-state index in [0.717, 1.165) is 24.1 Å². The fourth-order valence-electron chi connectivity index (χ4n) is 2.94. The van der Waals surface area contributed by atoms with E-state index < -0.39 is 5.97 Å². The van der Waals surface area contributed by atoms with Crippen molar-refractivity contribution < 1.29 is 14.6 Å². The summed E-state index contributed by atoms with van der Waals surface area (Å²) in [4.78, 5) is 15.3. The van der Waals surface area contributed by atoms with Crippen molar-refractivity contribution in [1.82, 2.24) is 14.8 Å². The number of carboxylic acid groups (broad SMARTS) is 1. The summed E-state index contributed by atoms with van der Waals surface area (Å²) in [6.45, 7) is 0. The van der Waals surface area contributed by atoms with Gasteiger partial charge in [0.1, 0.15) is 0 Å². The number of rotatable bonds is 2. The summed E-state index contributed by atoms with van der Waals surface area (Å²) in [5, 5.41) is 24.6. The number of hydrogen-bond donors (Lipinski definition) is 1. The molecule has 2 heterocycles. The van der Waals surface area contributed by atoms with E-state index >= 15 is 0 Å². The van der Waals surface area contributed by atoms with Crippen LogP contribution in [0.1, 0.15) is 34.1 Å². The second-order valence-corrected chi connectivity index (χ2v) is 5.01. The van der Waals surface area contributed by atoms with Crippen LogP contribution in [0.4, 0.5) is 0 Å². The van der Waals surface area contributed by atoms with Gasteiger partial charge in [0.2, 0.25) is 12.0 Å². The lowest BCUT2D eigenvalue weighted by Crippen LogP contribution is -2.26. The van der Waals surface area contributed by atoms with Crippen molar-refractivity contribution in [2.24, 2.45) is 5.92 Å². The molecule has 2 aliphatic carbocycles. The third-order valence-corrected chi connectivity index (χ3v) is 3.85. The standard InChI is InChI=1S/C12H10N4O3/c17-12(18)10-8-4-6-3-7(6)11(8)16(14-10)9-5-15(19)2-1-13-9/h1-2,5-7H,3-4H2,(H,17,18). The highest BCUT2D eigenvalue weighted by atomic mass is 16.5. The van der Waals surface area contributed by atoms with Crippen LogP contribution in [0.5, 0.6) is 0 Å². The highest BCUT2D eigenvalue weighted by Gasteiger charge is 2.50. The molecule has 1 N–H and O–H groups in total. The summed E-state index contributed by atoms with van der Waals surface area (Å²) in [6, 6.07) is 0. The van der Waals surface area contributed by atoms with Gasteiger partial charge in [-0.25, -0.2) is 14.5 Å². The van der Waals surface area contributed by atoms with Crippen molar-refractivity contribution in [1.29, 1.82) is 0 Å². The topological polar surface area (TPSA) is 95.0 Å². The molecule has 0 aromatic carbocycles. The fourth-order valence-corrected chi connectivity index (χ4v) is 2.94. The van der Waals surface area contributed by atoms with E-state index in [1.165, 1.54) is 23.3 Å². The van der Waals surface area contributed by atoms with Gasteiger partial charge in [0.15, 0.2) is 11.9 Å². The predicted octanol–water partition coefficient (Wildman–Crippen LogP) is 0.258. The molecular weight excluding hydrogens is 248 g/mol. The zero-order chi connectivity index (χ0) is 13.1. The normalized spacial score (nSPS) is 22.9. The summed E-state index contributed by atoms with van der Waals surface area (Å²) < 4.78 is 2.15. The molecule has 2 aromatic heterocycles. The Morgan fingerprint density at radius 2 is 2.42 bits per heavy atom. The highest BCUT2D eigenvalue weighted by molar-refractivity contribution is 5.88. The lowest BCUT2D eigenvalue weighted by atomic mass is 10.1. The van der Waals surface area contributed by atoms with Gasteiger partial charge in [-0.05, 0) is 18.8 Å². The van der Waals surface area contributed by atoms with Gasteiger partial charge in [0, 0.05) is 11.5 Å². The first-order chi connectivity index (χ1) is 9.15. The number of carbonyl (C=O) groups is 1. The van der Waals surface area contributed by atoms with Gasteiger partial charge >= 0.3 is 5.97 Å². The Labute approximate surface area is 107 Å². The van der Waals surface area contributed by atoms with Gasteiger partial charge in [0.05, 0.1) is 11.9 Å². The van der Waals surface area contributed by atoms with Gasteiger partial charge in [-0.15, -0.1) is 0 Å². The lowest BCUT2D eigenvalue weighted by molar-refractivity contribution is -0.605. The Hall–Kier alpha value is -2.44. The molecule has 96 valence electrons. The number of aromatic nitrogens is 4. The largest absolute Gasteiger partial charge is 0.619 e. The Morgan fingerprint density at radius 1 is 1.58 bits per heavy atom. The van der Waals surface area contributed by atoms with Crippen LogP contribution in [0, 0.1) is 11.1 Å². The monoisotopic (exact) mass is 258 g/mol. The second kappa shape index (κ2) is 3.31. The molecule has 1 fully saturated rings. The minimum atomic E-state index is -1.03. The van der Waals surface area contributed by atoms with Crippen molar-refractivity contribution in [2.75, 3.05) is 0 Å². The van der Waals surface area contributed by atoms with Crippen LogP contribution in [-0.2, 0) is 6.42 Å². The zero-order valence-corrected chi connectivity index (χ0v) is 9.85. The summed E-state index contributed by atoms with van der Waals surface area (Å²) in [6.07, 6.45) is 5.81. The van der Waals surface area contributed by atoms with Crippen LogP contribution < -0.4 is 4.73 Å². The molecule has 4 rings (SSSR count). The van der Waals surface area contributed by atoms with E-state index in [9.17, 15) is 15.1 Å². The molecule has 7 heteroatoms. The maximum atomic E-state index is 11.3. The fraction of sp³-hybridized carbons (Fsp3) is 0.333. The minimum absolute atomic E-state index is 0.0882. The van der Waals surface area contributed by atoms with Crippen molar-refractivity contribution in [2.45, 2.75) is 18.8 Å². The van der Waals surface area contributed by atoms with Crippen molar-refractivity contribution >= 4 is 5.97 Å². The Kier molecular flexibility index (Phi) is 1.83. The van der Waals surface area contributed by atoms with E-state index in [0.29, 0.717) is 22.4 Å². The van der Waals surface area contributed by atoms with E-state index in [1.54, 1.807) is 0 Å². The quantitative estimate of drug-likeness (QED) is 0.615. The molecule has 0 bridgehead atoms. The predicted molar refractivity (Wildman–Crippen MR) is 61.8 cm³/mol. The Balaban J connectivity index is 1.94. The number of fused-ring (bicyclic) bond motifs is 3. The molecule has 1 saturated carbocycles. The molecule has 2 atom stereocenters. The van der Waals surface area contributed by atoms with Crippen LogP contribution in [0.2, 0.25) is 0 Å². The molecule has 2 unspecified atom stereocenters. The molecule has 0 amide bonds. The van der Waals surface area contributed by atoms with Crippen LogP contribution >= 0.6 is 0 Å². The first-order valence-electron chi connectivity index (χ1n) is 6.05. The molecule has 2 aromatic rings. The summed E-state index contributed by atoms with van der Waals surface area (Å²) >= 11 is 0. The van der Waals surface area contributed by atoms with E-state index in [4.69, 9.17) is 0 Å². The summed E-state index contributed by atoms with van der Waals surface area (Å²) in [5.74, 6) is 0.258. The van der Waals surface area contributed by atoms with Gasteiger partial charge in [0.25, 0.3) is 0 Å². The van der Waals surface area contributed by atoms with Crippen LogP contribution in [0.25, 0.3) is 5.82 Å². The maximum absolute atomic E-state index is 11.3. The Bertz CT molecular complexity index is 709. The van der Waals surface area contributed by atoms with E-state index in [-0.39, 0.29) is 5.69 Å². The number of aromatic carboxylic acids is 1. The molecule has 0 aliphatic heterocycles. The van der Waals surface area contributed by atoms with Gasteiger partial charge in [-0.2, -0.15) is 9.83 Å². The molecular formula is C12H10N4O3. The van der Waals surface area contributed by atoms with E-state index in [1.807, 2.05) is 0 Å². The summed E-state index contributed by atoms with van der Waals surface area (Å²) in [5.41, 5.74) is 1.81. The summed E-state index contributed by atoms with van der Waals surface area (Å²) in [7, 11) is 0. The molecule has 0 spiro atoms. The van der Waals surface area contributed by atoms with Gasteiger partial charge in [-0.3, -0.25) is 0 Å². The third-order valence-electron chi connectivity index (χ3n) is 3.85. The maximum Gasteiger partial charge on any atom is 0.356 e. The highest BCUT2D eigenvalue weighted by Crippen LogP contribution is 2.57. The zero-order valence-electron chi connectivity index (χ0n) is 9.85. The lowest BCUT2D eigenvalue weighted by Gasteiger charge is -2.04. The number of carboxylic acids is 1. The van der Waals surface area contributed by atoms with E-state index in [2.05, 4.69) is 10.1 Å². The first kappa shape index (κ1) is 10.5. The Morgan fingerprint density at radius 3 is 3.16 bits per heavy atom. The van der Waals surface area contributed by atoms with Gasteiger partial charge < -0.3 is 10.3 Å². The smallest absolute Gasteiger partial charge is 0.356 e. The van der Waals surface area contributed by atoms with Gasteiger partial charge in [-0.1, -0.05) is 0 Å². The van der Waals surface area contributed by atoms with Crippen LogP contribution in [0.3, 0.4) is 0 Å². The second-order valence-electron chi connectivity index (χ2n) is 5.01. The van der Waals surface area contributed by atoms with Crippen molar-refractivity contribution in [3.05, 3.63) is 40.7 Å². The average molecular weight is 258 g/mol. The van der Waals surface area contributed by atoms with Crippen molar-refractivity contribution in [3.8, 4) is 5.82 Å². The average Bonchev–Trinajstić information content (AvgIpc) is 2.87. The van der Waals surface area contributed by atoms with Crippen molar-refractivity contribution in [3.63, 3.8) is 0 Å². The molecule has 0 radical (unpaired) electrons. The van der Waals surface area contributed by atoms with Crippen LogP contribution in [-0.4, -0.2) is 25.8 Å². The number of hydrogen-bond acceptors (Lipinski definition) is 4. The van der Waals surface area contributed by atoms with Crippen LogP contribution in [0.15, 0.2) is 18.6 Å². The SMILES string of the molecule is O=C(O)c1nn(-c2c[n+]([O-])ccn2)c2c1CC1CC21.